The molecule has 0 spiro atoms. The molecule has 1 N–H and O–H groups in total. The van der Waals surface area contributed by atoms with Crippen molar-refractivity contribution in [3.8, 4) is 5.75 Å². The molecule has 0 bridgehead atoms. The van der Waals surface area contributed by atoms with Crippen molar-refractivity contribution in [2.75, 3.05) is 19.0 Å². The van der Waals surface area contributed by atoms with Crippen molar-refractivity contribution in [3.05, 3.63) is 36.4 Å². The van der Waals surface area contributed by atoms with E-state index in [2.05, 4.69) is 5.32 Å². The number of likely N-dealkylation sites (tertiary alicyclic amines) is 1. The van der Waals surface area contributed by atoms with E-state index in [4.69, 9.17) is 13.9 Å². The monoisotopic (exact) mass is 478 g/mol. The Morgan fingerprint density at radius 1 is 1.06 bits per heavy atom. The maximum atomic E-state index is 12.8. The lowest BCUT2D eigenvalue weighted by Gasteiger charge is -2.19. The SMILES string of the molecule is COc1cc2c(cc1NC(=O)C(C)OC(=O)CN1C(=O)C3CCCCC3C1=O)oc1ccccc12. The van der Waals surface area contributed by atoms with Crippen LogP contribution < -0.4 is 10.1 Å². The minimum Gasteiger partial charge on any atom is -0.495 e. The maximum Gasteiger partial charge on any atom is 0.326 e. The van der Waals surface area contributed by atoms with Gasteiger partial charge in [0.2, 0.25) is 11.8 Å². The van der Waals surface area contributed by atoms with Gasteiger partial charge in [-0.1, -0.05) is 31.0 Å². The van der Waals surface area contributed by atoms with Crippen LogP contribution in [0.3, 0.4) is 0 Å². The van der Waals surface area contributed by atoms with Crippen molar-refractivity contribution in [3.63, 3.8) is 0 Å². The fourth-order valence-electron chi connectivity index (χ4n) is 5.06. The van der Waals surface area contributed by atoms with Crippen molar-refractivity contribution in [1.29, 1.82) is 0 Å². The van der Waals surface area contributed by atoms with E-state index in [-0.39, 0.29) is 23.7 Å². The van der Waals surface area contributed by atoms with E-state index in [0.29, 0.717) is 35.4 Å². The highest BCUT2D eigenvalue weighted by atomic mass is 16.5. The second-order valence-corrected chi connectivity index (χ2v) is 9.03. The molecule has 182 valence electrons. The maximum absolute atomic E-state index is 12.8. The van der Waals surface area contributed by atoms with Crippen molar-refractivity contribution in [2.45, 2.75) is 38.7 Å². The van der Waals surface area contributed by atoms with Crippen LogP contribution in [0, 0.1) is 11.8 Å². The Labute approximate surface area is 201 Å². The average Bonchev–Trinajstić information content (AvgIpc) is 3.33. The Bertz CT molecular complexity index is 1320. The number of amides is 3. The number of rotatable bonds is 6. The van der Waals surface area contributed by atoms with Crippen LogP contribution in [-0.2, 0) is 23.9 Å². The van der Waals surface area contributed by atoms with E-state index in [1.807, 2.05) is 24.3 Å². The van der Waals surface area contributed by atoms with E-state index >= 15 is 0 Å². The van der Waals surface area contributed by atoms with Crippen molar-refractivity contribution >= 4 is 51.3 Å². The number of para-hydroxylation sites is 1. The van der Waals surface area contributed by atoms with Crippen molar-refractivity contribution in [1.82, 2.24) is 4.90 Å². The summed E-state index contributed by atoms with van der Waals surface area (Å²) in [5.41, 5.74) is 1.64. The molecule has 2 aliphatic rings. The van der Waals surface area contributed by atoms with E-state index in [1.165, 1.54) is 14.0 Å². The molecule has 3 amide bonds. The predicted octanol–water partition coefficient (Wildman–Crippen LogP) is 3.64. The lowest BCUT2D eigenvalue weighted by atomic mass is 9.81. The predicted molar refractivity (Wildman–Crippen MR) is 127 cm³/mol. The van der Waals surface area contributed by atoms with Gasteiger partial charge in [-0.3, -0.25) is 24.1 Å². The average molecular weight is 479 g/mol. The molecular weight excluding hydrogens is 452 g/mol. The topological polar surface area (TPSA) is 115 Å². The number of imide groups is 1. The lowest BCUT2D eigenvalue weighted by molar-refractivity contribution is -0.158. The van der Waals surface area contributed by atoms with Gasteiger partial charge in [0.25, 0.3) is 5.91 Å². The van der Waals surface area contributed by atoms with Gasteiger partial charge in [-0.2, -0.15) is 0 Å². The number of hydrogen-bond acceptors (Lipinski definition) is 7. The zero-order valence-corrected chi connectivity index (χ0v) is 19.5. The minimum atomic E-state index is -1.16. The molecule has 1 aliphatic carbocycles. The number of furan rings is 1. The highest BCUT2D eigenvalue weighted by Gasteiger charge is 2.48. The fraction of sp³-hybridized carbons (Fsp3) is 0.385. The first kappa shape index (κ1) is 22.9. The number of carbonyl (C=O) groups excluding carboxylic acids is 4. The molecule has 3 atom stereocenters. The third kappa shape index (κ3) is 4.11. The third-order valence-corrected chi connectivity index (χ3v) is 6.85. The van der Waals surface area contributed by atoms with Crippen LogP contribution in [0.1, 0.15) is 32.6 Å². The molecule has 3 aromatic rings. The van der Waals surface area contributed by atoms with Crippen LogP contribution in [0.2, 0.25) is 0 Å². The number of carbonyl (C=O) groups is 4. The summed E-state index contributed by atoms with van der Waals surface area (Å²) >= 11 is 0. The molecule has 1 aromatic heterocycles. The minimum absolute atomic E-state index is 0.322. The number of hydrogen-bond donors (Lipinski definition) is 1. The summed E-state index contributed by atoms with van der Waals surface area (Å²) in [6.45, 7) is 0.934. The summed E-state index contributed by atoms with van der Waals surface area (Å²) in [6.07, 6.45) is 1.97. The van der Waals surface area contributed by atoms with Gasteiger partial charge in [-0.25, -0.2) is 0 Å². The van der Waals surface area contributed by atoms with E-state index < -0.39 is 24.5 Å². The highest BCUT2D eigenvalue weighted by molar-refractivity contribution is 6.09. The van der Waals surface area contributed by atoms with Crippen LogP contribution in [0.5, 0.6) is 5.75 Å². The van der Waals surface area contributed by atoms with Gasteiger partial charge in [-0.15, -0.1) is 0 Å². The molecule has 9 heteroatoms. The number of ether oxygens (including phenoxy) is 2. The summed E-state index contributed by atoms with van der Waals surface area (Å²) in [5.74, 6) is -2.30. The normalized spacial score (nSPS) is 20.7. The van der Waals surface area contributed by atoms with Crippen LogP contribution in [-0.4, -0.2) is 48.3 Å². The number of nitrogens with one attached hydrogen (secondary N) is 1. The summed E-state index contributed by atoms with van der Waals surface area (Å²) in [6, 6.07) is 11.0. The second-order valence-electron chi connectivity index (χ2n) is 9.03. The molecule has 5 rings (SSSR count). The van der Waals surface area contributed by atoms with E-state index in [1.54, 1.807) is 12.1 Å². The van der Waals surface area contributed by atoms with Gasteiger partial charge in [0, 0.05) is 16.8 Å². The Balaban J connectivity index is 1.26. The smallest absolute Gasteiger partial charge is 0.326 e. The van der Waals surface area contributed by atoms with Crippen molar-refractivity contribution < 1.29 is 33.1 Å². The number of benzene rings is 2. The van der Waals surface area contributed by atoms with Crippen LogP contribution in [0.25, 0.3) is 21.9 Å². The summed E-state index contributed by atoms with van der Waals surface area (Å²) in [5, 5.41) is 4.47. The van der Waals surface area contributed by atoms with Gasteiger partial charge in [-0.05, 0) is 31.9 Å². The first-order valence-corrected chi connectivity index (χ1v) is 11.7. The molecule has 3 unspecified atom stereocenters. The molecule has 9 nitrogen and oxygen atoms in total. The van der Waals surface area contributed by atoms with Gasteiger partial charge >= 0.3 is 5.97 Å². The molecule has 2 heterocycles. The zero-order chi connectivity index (χ0) is 24.7. The molecular formula is C26H26N2O7. The first-order chi connectivity index (χ1) is 16.9. The van der Waals surface area contributed by atoms with E-state index in [0.717, 1.165) is 28.5 Å². The Morgan fingerprint density at radius 3 is 2.43 bits per heavy atom. The number of esters is 1. The van der Waals surface area contributed by atoms with Gasteiger partial charge in [0.15, 0.2) is 6.10 Å². The number of fused-ring (bicyclic) bond motifs is 4. The molecule has 0 radical (unpaired) electrons. The van der Waals surface area contributed by atoms with Gasteiger partial charge in [0.1, 0.15) is 23.5 Å². The quantitative estimate of drug-likeness (QED) is 0.425. The summed E-state index contributed by atoms with van der Waals surface area (Å²) < 4.78 is 16.6. The molecule has 2 aromatic carbocycles. The molecule has 35 heavy (non-hydrogen) atoms. The molecule has 1 saturated heterocycles. The lowest BCUT2D eigenvalue weighted by Crippen LogP contribution is -2.39. The molecule has 2 fully saturated rings. The first-order valence-electron chi connectivity index (χ1n) is 11.7. The zero-order valence-electron chi connectivity index (χ0n) is 19.5. The second kappa shape index (κ2) is 9.05. The van der Waals surface area contributed by atoms with Crippen LogP contribution in [0.15, 0.2) is 40.8 Å². The Kier molecular flexibility index (Phi) is 5.92. The van der Waals surface area contributed by atoms with Crippen LogP contribution >= 0.6 is 0 Å². The Hall–Kier alpha value is -3.88. The Morgan fingerprint density at radius 2 is 1.74 bits per heavy atom. The number of anilines is 1. The van der Waals surface area contributed by atoms with Crippen molar-refractivity contribution in [2.24, 2.45) is 11.8 Å². The highest BCUT2D eigenvalue weighted by Crippen LogP contribution is 2.38. The third-order valence-electron chi connectivity index (χ3n) is 6.85. The fourth-order valence-corrected chi connectivity index (χ4v) is 5.06. The summed E-state index contributed by atoms with van der Waals surface area (Å²) in [7, 11) is 1.49. The largest absolute Gasteiger partial charge is 0.495 e. The molecule has 1 saturated carbocycles. The summed E-state index contributed by atoms with van der Waals surface area (Å²) in [4.78, 5) is 51.4. The van der Waals surface area contributed by atoms with Gasteiger partial charge in [0.05, 0.1) is 24.6 Å². The van der Waals surface area contributed by atoms with Crippen LogP contribution in [0.4, 0.5) is 5.69 Å². The number of methoxy groups -OCH3 is 1. The van der Waals surface area contributed by atoms with E-state index in [9.17, 15) is 19.2 Å². The standard InChI is InChI=1S/C26H26N2O7/c1-14(34-23(29)13-28-25(31)16-8-3-4-9-17(16)26(28)32)24(30)27-19-12-21-18(11-22(19)33-2)15-7-5-6-10-20(15)35-21/h5-7,10-12,14,16-17H,3-4,8-9,13H2,1-2H3,(H,27,30). The number of nitrogens with zero attached hydrogens (tertiary/aromatic N) is 1. The van der Waals surface area contributed by atoms with Gasteiger partial charge < -0.3 is 19.2 Å². The molecule has 1 aliphatic heterocycles.